The number of aromatic nitrogens is 5. The van der Waals surface area contributed by atoms with E-state index in [1.54, 1.807) is 41.9 Å². The third-order valence-electron chi connectivity index (χ3n) is 4.45. The second-order valence-corrected chi connectivity index (χ2v) is 7.13. The Balaban J connectivity index is 1.51. The van der Waals surface area contributed by atoms with Crippen molar-refractivity contribution >= 4 is 17.5 Å². The van der Waals surface area contributed by atoms with Crippen LogP contribution in [0.3, 0.4) is 0 Å². The van der Waals surface area contributed by atoms with E-state index in [9.17, 15) is 4.79 Å². The first-order valence-electron chi connectivity index (χ1n) is 9.05. The fourth-order valence-corrected chi connectivity index (χ4v) is 3.17. The normalized spacial score (nSPS) is 10.9. The van der Waals surface area contributed by atoms with Crippen molar-refractivity contribution in [1.29, 1.82) is 0 Å². The molecule has 0 N–H and O–H groups in total. The fourth-order valence-electron chi connectivity index (χ4n) is 2.98. The van der Waals surface area contributed by atoms with Gasteiger partial charge in [0, 0.05) is 30.4 Å². The highest BCUT2D eigenvalue weighted by Crippen LogP contribution is 2.16. The lowest BCUT2D eigenvalue weighted by atomic mass is 10.2. The summed E-state index contributed by atoms with van der Waals surface area (Å²) in [5.74, 6) is -0.205. The van der Waals surface area contributed by atoms with Crippen molar-refractivity contribution in [2.45, 2.75) is 13.5 Å². The molecule has 0 aliphatic carbocycles. The summed E-state index contributed by atoms with van der Waals surface area (Å²) in [6, 6.07) is 17.0. The van der Waals surface area contributed by atoms with Gasteiger partial charge in [-0.05, 0) is 37.3 Å². The molecular weight excluding hydrogens is 388 g/mol. The summed E-state index contributed by atoms with van der Waals surface area (Å²) in [7, 11) is 1.74. The molecule has 4 aromatic rings. The van der Waals surface area contributed by atoms with Gasteiger partial charge in [0.05, 0.1) is 23.3 Å². The highest BCUT2D eigenvalue weighted by atomic mass is 35.5. The maximum Gasteiger partial charge on any atom is 0.276 e. The molecule has 0 atom stereocenters. The Morgan fingerprint density at radius 3 is 2.59 bits per heavy atom. The molecule has 8 heteroatoms. The van der Waals surface area contributed by atoms with E-state index in [1.165, 1.54) is 4.80 Å². The molecule has 146 valence electrons. The Hall–Kier alpha value is -3.45. The topological polar surface area (TPSA) is 68.8 Å². The van der Waals surface area contributed by atoms with Gasteiger partial charge in [0.25, 0.3) is 5.91 Å². The van der Waals surface area contributed by atoms with Crippen LogP contribution in [0.4, 0.5) is 0 Å². The van der Waals surface area contributed by atoms with Gasteiger partial charge in [-0.25, -0.2) is 4.68 Å². The summed E-state index contributed by atoms with van der Waals surface area (Å²) in [4.78, 5) is 15.9. The first-order chi connectivity index (χ1) is 14.0. The Morgan fingerprint density at radius 2 is 1.83 bits per heavy atom. The molecule has 7 nitrogen and oxygen atoms in total. The first kappa shape index (κ1) is 18.9. The number of carbonyl (C=O) groups is 1. The van der Waals surface area contributed by atoms with Gasteiger partial charge in [-0.2, -0.15) is 15.0 Å². The minimum absolute atomic E-state index is 0.205. The van der Waals surface area contributed by atoms with Crippen molar-refractivity contribution in [3.8, 4) is 11.4 Å². The SMILES string of the molecule is Cc1nn(-c2cccc(Cl)c2)nc1C(=O)N(C)Cc1cnn(-c2ccccc2)c1. The number of hydrogen-bond acceptors (Lipinski definition) is 4. The smallest absolute Gasteiger partial charge is 0.276 e. The highest BCUT2D eigenvalue weighted by Gasteiger charge is 2.20. The summed E-state index contributed by atoms with van der Waals surface area (Å²) in [5, 5.41) is 13.7. The van der Waals surface area contributed by atoms with E-state index in [0.717, 1.165) is 11.3 Å². The monoisotopic (exact) mass is 406 g/mol. The molecule has 0 unspecified atom stereocenters. The van der Waals surface area contributed by atoms with E-state index in [-0.39, 0.29) is 5.91 Å². The van der Waals surface area contributed by atoms with Gasteiger partial charge in [-0.15, -0.1) is 5.10 Å². The third kappa shape index (κ3) is 4.05. The third-order valence-corrected chi connectivity index (χ3v) is 4.68. The van der Waals surface area contributed by atoms with Crippen LogP contribution in [-0.4, -0.2) is 42.6 Å². The Bertz CT molecular complexity index is 1150. The molecule has 0 aliphatic heterocycles. The molecule has 0 aliphatic rings. The van der Waals surface area contributed by atoms with E-state index < -0.39 is 0 Å². The lowest BCUT2D eigenvalue weighted by molar-refractivity contribution is 0.0778. The quantitative estimate of drug-likeness (QED) is 0.507. The molecule has 0 bridgehead atoms. The number of benzene rings is 2. The van der Waals surface area contributed by atoms with Crippen LogP contribution in [0.15, 0.2) is 67.0 Å². The number of nitrogens with zero attached hydrogens (tertiary/aromatic N) is 6. The van der Waals surface area contributed by atoms with E-state index in [2.05, 4.69) is 15.3 Å². The molecule has 29 heavy (non-hydrogen) atoms. The maximum atomic E-state index is 12.9. The van der Waals surface area contributed by atoms with Gasteiger partial charge in [0.15, 0.2) is 5.69 Å². The van der Waals surface area contributed by atoms with Gasteiger partial charge in [0.1, 0.15) is 0 Å². The average molecular weight is 407 g/mol. The average Bonchev–Trinajstić information content (AvgIpc) is 3.35. The van der Waals surface area contributed by atoms with E-state index in [4.69, 9.17) is 11.6 Å². The van der Waals surface area contributed by atoms with Crippen LogP contribution >= 0.6 is 11.6 Å². The number of carbonyl (C=O) groups excluding carboxylic acids is 1. The summed E-state index contributed by atoms with van der Waals surface area (Å²) in [5.41, 5.74) is 3.45. The van der Waals surface area contributed by atoms with Crippen molar-refractivity contribution in [2.75, 3.05) is 7.05 Å². The summed E-state index contributed by atoms with van der Waals surface area (Å²) >= 11 is 6.04. The van der Waals surface area contributed by atoms with Crippen molar-refractivity contribution in [1.82, 2.24) is 29.7 Å². The van der Waals surface area contributed by atoms with Crippen LogP contribution in [0, 0.1) is 6.92 Å². The molecule has 0 spiro atoms. The summed E-state index contributed by atoms with van der Waals surface area (Å²) in [6.07, 6.45) is 3.67. The molecule has 1 amide bonds. The van der Waals surface area contributed by atoms with Crippen LogP contribution in [0.1, 0.15) is 21.7 Å². The standard InChI is InChI=1S/C21H19ClN6O/c1-15-20(25-28(24-15)19-10-6-7-17(22)11-19)21(29)26(2)13-16-12-23-27(14-16)18-8-4-3-5-9-18/h3-12,14H,13H2,1-2H3. The Morgan fingerprint density at radius 1 is 1.07 bits per heavy atom. The lowest BCUT2D eigenvalue weighted by Gasteiger charge is -2.14. The van der Waals surface area contributed by atoms with Crippen LogP contribution in [0.5, 0.6) is 0 Å². The Labute approximate surface area is 173 Å². The molecule has 0 saturated heterocycles. The van der Waals surface area contributed by atoms with Gasteiger partial charge < -0.3 is 4.90 Å². The van der Waals surface area contributed by atoms with Gasteiger partial charge >= 0.3 is 0 Å². The number of rotatable bonds is 5. The largest absolute Gasteiger partial charge is 0.336 e. The minimum atomic E-state index is -0.205. The second-order valence-electron chi connectivity index (χ2n) is 6.69. The van der Waals surface area contributed by atoms with Crippen LogP contribution in [-0.2, 0) is 6.54 Å². The summed E-state index contributed by atoms with van der Waals surface area (Å²) < 4.78 is 1.79. The van der Waals surface area contributed by atoms with Crippen LogP contribution in [0.25, 0.3) is 11.4 Å². The first-order valence-corrected chi connectivity index (χ1v) is 9.43. The zero-order chi connectivity index (χ0) is 20.4. The Kier molecular flexibility index (Phi) is 5.14. The molecule has 2 aromatic carbocycles. The molecule has 2 heterocycles. The number of hydrogen-bond donors (Lipinski definition) is 0. The number of halogens is 1. The maximum absolute atomic E-state index is 12.9. The lowest BCUT2D eigenvalue weighted by Crippen LogP contribution is -2.27. The van der Waals surface area contributed by atoms with E-state index in [1.807, 2.05) is 48.7 Å². The predicted octanol–water partition coefficient (Wildman–Crippen LogP) is 3.69. The van der Waals surface area contributed by atoms with Crippen LogP contribution < -0.4 is 0 Å². The second kappa shape index (κ2) is 7.89. The highest BCUT2D eigenvalue weighted by molar-refractivity contribution is 6.30. The van der Waals surface area contributed by atoms with Crippen molar-refractivity contribution in [2.24, 2.45) is 0 Å². The fraction of sp³-hybridized carbons (Fsp3) is 0.143. The molecule has 0 fully saturated rings. The van der Waals surface area contributed by atoms with Crippen molar-refractivity contribution in [3.05, 3.63) is 89.0 Å². The van der Waals surface area contributed by atoms with Crippen molar-refractivity contribution < 1.29 is 4.79 Å². The predicted molar refractivity (Wildman–Crippen MR) is 110 cm³/mol. The van der Waals surface area contributed by atoms with E-state index in [0.29, 0.717) is 28.6 Å². The number of aryl methyl sites for hydroxylation is 1. The molecular formula is C21H19ClN6O. The molecule has 4 rings (SSSR count). The van der Waals surface area contributed by atoms with Gasteiger partial charge in [-0.3, -0.25) is 4.79 Å². The zero-order valence-electron chi connectivity index (χ0n) is 16.0. The summed E-state index contributed by atoms with van der Waals surface area (Å²) in [6.45, 7) is 2.18. The number of para-hydroxylation sites is 1. The van der Waals surface area contributed by atoms with Gasteiger partial charge in [-0.1, -0.05) is 35.9 Å². The zero-order valence-corrected chi connectivity index (χ0v) is 16.8. The van der Waals surface area contributed by atoms with Crippen LogP contribution in [0.2, 0.25) is 5.02 Å². The molecule has 0 radical (unpaired) electrons. The van der Waals surface area contributed by atoms with E-state index >= 15 is 0 Å². The minimum Gasteiger partial charge on any atom is -0.336 e. The number of amides is 1. The molecule has 0 saturated carbocycles. The van der Waals surface area contributed by atoms with Crippen molar-refractivity contribution in [3.63, 3.8) is 0 Å². The van der Waals surface area contributed by atoms with Gasteiger partial charge in [0.2, 0.25) is 0 Å². The molecule has 2 aromatic heterocycles.